The van der Waals surface area contributed by atoms with Crippen molar-refractivity contribution in [1.29, 1.82) is 0 Å². The molecule has 1 fully saturated rings. The molecule has 0 saturated carbocycles. The minimum atomic E-state index is 0.429. The fourth-order valence-electron chi connectivity index (χ4n) is 3.53. The highest BCUT2D eigenvalue weighted by atomic mass is 15.2. The number of hydrogen-bond donors (Lipinski definition) is 1. The van der Waals surface area contributed by atoms with Gasteiger partial charge < -0.3 is 5.32 Å². The number of likely N-dealkylation sites (tertiary alicyclic amines) is 1. The second-order valence-corrected chi connectivity index (χ2v) is 6.53. The number of nitrogens with zero attached hydrogens (tertiary/aromatic N) is 1. The Morgan fingerprint density at radius 3 is 2.45 bits per heavy atom. The Balaban J connectivity index is 2.17. The fraction of sp³-hybridized carbons (Fsp3) is 0.667. The van der Waals surface area contributed by atoms with Crippen molar-refractivity contribution in [1.82, 2.24) is 10.2 Å². The van der Waals surface area contributed by atoms with Gasteiger partial charge in [0.05, 0.1) is 0 Å². The van der Waals surface area contributed by atoms with E-state index in [2.05, 4.69) is 63.2 Å². The first kappa shape index (κ1) is 15.5. The third kappa shape index (κ3) is 3.42. The van der Waals surface area contributed by atoms with Gasteiger partial charge in [0, 0.05) is 24.7 Å². The lowest BCUT2D eigenvalue weighted by atomic mass is 9.94. The first-order valence-electron chi connectivity index (χ1n) is 8.03. The number of aryl methyl sites for hydroxylation is 2. The van der Waals surface area contributed by atoms with E-state index in [9.17, 15) is 0 Å². The largest absolute Gasteiger partial charge is 0.312 e. The number of rotatable bonds is 4. The highest BCUT2D eigenvalue weighted by Gasteiger charge is 2.27. The summed E-state index contributed by atoms with van der Waals surface area (Å²) in [7, 11) is 2.09. The third-order valence-electron chi connectivity index (χ3n) is 4.93. The van der Waals surface area contributed by atoms with Crippen molar-refractivity contribution in [3.8, 4) is 0 Å². The Labute approximate surface area is 124 Å². The van der Waals surface area contributed by atoms with Crippen LogP contribution in [0.1, 0.15) is 55.8 Å². The van der Waals surface area contributed by atoms with Crippen molar-refractivity contribution in [3.05, 3.63) is 34.9 Å². The van der Waals surface area contributed by atoms with E-state index in [-0.39, 0.29) is 0 Å². The van der Waals surface area contributed by atoms with Crippen molar-refractivity contribution in [3.63, 3.8) is 0 Å². The van der Waals surface area contributed by atoms with E-state index in [1.807, 2.05) is 0 Å². The molecule has 3 atom stereocenters. The number of benzene rings is 1. The zero-order valence-electron chi connectivity index (χ0n) is 13.7. The van der Waals surface area contributed by atoms with Gasteiger partial charge in [-0.15, -0.1) is 0 Å². The average Bonchev–Trinajstić information content (AvgIpc) is 2.42. The molecule has 1 aromatic carbocycles. The van der Waals surface area contributed by atoms with E-state index in [0.29, 0.717) is 18.1 Å². The molecule has 1 aliphatic heterocycles. The van der Waals surface area contributed by atoms with Crippen LogP contribution in [0.2, 0.25) is 0 Å². The lowest BCUT2D eigenvalue weighted by molar-refractivity contribution is 0.0919. The molecule has 0 radical (unpaired) electrons. The van der Waals surface area contributed by atoms with Gasteiger partial charge in [0.2, 0.25) is 0 Å². The van der Waals surface area contributed by atoms with Crippen molar-refractivity contribution in [2.45, 2.75) is 65.1 Å². The maximum Gasteiger partial charge on any atom is 0.0449 e. The summed E-state index contributed by atoms with van der Waals surface area (Å²) in [6, 6.07) is 8.64. The van der Waals surface area contributed by atoms with E-state index in [1.165, 1.54) is 36.0 Å². The molecule has 2 heteroatoms. The highest BCUT2D eigenvalue weighted by Crippen LogP contribution is 2.27. The summed E-state index contributed by atoms with van der Waals surface area (Å²) < 4.78 is 0. The van der Waals surface area contributed by atoms with Crippen LogP contribution in [-0.4, -0.2) is 30.6 Å². The van der Waals surface area contributed by atoms with E-state index < -0.39 is 0 Å². The van der Waals surface area contributed by atoms with Crippen LogP contribution in [0.25, 0.3) is 0 Å². The van der Waals surface area contributed by atoms with Gasteiger partial charge in [-0.05, 0) is 58.7 Å². The van der Waals surface area contributed by atoms with Gasteiger partial charge in [-0.3, -0.25) is 4.90 Å². The maximum atomic E-state index is 3.53. The zero-order valence-corrected chi connectivity index (χ0v) is 13.7. The molecule has 0 aliphatic carbocycles. The van der Waals surface area contributed by atoms with E-state index in [1.54, 1.807) is 0 Å². The van der Waals surface area contributed by atoms with Crippen molar-refractivity contribution < 1.29 is 0 Å². The molecule has 0 aromatic heterocycles. The van der Waals surface area contributed by atoms with Crippen LogP contribution in [0.3, 0.4) is 0 Å². The number of hydrogen-bond acceptors (Lipinski definition) is 2. The van der Waals surface area contributed by atoms with Crippen LogP contribution in [0.4, 0.5) is 0 Å². The van der Waals surface area contributed by atoms with Crippen LogP contribution in [-0.2, 0) is 0 Å². The van der Waals surface area contributed by atoms with Crippen LogP contribution in [0.15, 0.2) is 18.2 Å². The molecule has 112 valence electrons. The monoisotopic (exact) mass is 274 g/mol. The van der Waals surface area contributed by atoms with E-state index in [0.717, 1.165) is 6.54 Å². The summed E-state index contributed by atoms with van der Waals surface area (Å²) in [5, 5.41) is 3.53. The Hall–Kier alpha value is -0.860. The number of likely N-dealkylation sites (N-methyl/N-ethyl adjacent to an activating group) is 1. The first-order chi connectivity index (χ1) is 9.52. The predicted octanol–water partition coefficient (Wildman–Crippen LogP) is 3.83. The molecule has 1 aromatic rings. The molecule has 0 bridgehead atoms. The summed E-state index contributed by atoms with van der Waals surface area (Å²) in [4.78, 5) is 2.69. The molecule has 0 spiro atoms. The van der Waals surface area contributed by atoms with Crippen LogP contribution >= 0.6 is 0 Å². The summed E-state index contributed by atoms with van der Waals surface area (Å²) in [6.45, 7) is 10.3. The second-order valence-electron chi connectivity index (χ2n) is 6.53. The van der Waals surface area contributed by atoms with Crippen molar-refractivity contribution in [2.75, 3.05) is 13.6 Å². The lowest BCUT2D eigenvalue weighted by Crippen LogP contribution is -2.47. The Kier molecular flexibility index (Phi) is 5.22. The fourth-order valence-corrected chi connectivity index (χ4v) is 3.53. The summed E-state index contributed by atoms with van der Waals surface area (Å²) >= 11 is 0. The molecule has 1 heterocycles. The van der Waals surface area contributed by atoms with Gasteiger partial charge in [-0.25, -0.2) is 0 Å². The Morgan fingerprint density at radius 1 is 1.20 bits per heavy atom. The summed E-state index contributed by atoms with van der Waals surface area (Å²) in [5.74, 6) is 0. The molecule has 3 unspecified atom stereocenters. The molecule has 20 heavy (non-hydrogen) atoms. The molecule has 0 amide bonds. The third-order valence-corrected chi connectivity index (χ3v) is 4.93. The average molecular weight is 274 g/mol. The predicted molar refractivity (Wildman–Crippen MR) is 87.2 cm³/mol. The SMILES string of the molecule is CNC(CN1C(C)CCCC1C)c1cc(C)ccc1C. The van der Waals surface area contributed by atoms with Gasteiger partial charge in [-0.2, -0.15) is 0 Å². The lowest BCUT2D eigenvalue weighted by Gasteiger charge is -2.41. The smallest absolute Gasteiger partial charge is 0.0449 e. The Bertz CT molecular complexity index is 431. The van der Waals surface area contributed by atoms with Gasteiger partial charge in [0.25, 0.3) is 0 Å². The molecule has 2 rings (SSSR count). The minimum absolute atomic E-state index is 0.429. The Morgan fingerprint density at radius 2 is 1.85 bits per heavy atom. The topological polar surface area (TPSA) is 15.3 Å². The van der Waals surface area contributed by atoms with Gasteiger partial charge >= 0.3 is 0 Å². The van der Waals surface area contributed by atoms with Crippen LogP contribution < -0.4 is 5.32 Å². The maximum absolute atomic E-state index is 3.53. The molecular weight excluding hydrogens is 244 g/mol. The van der Waals surface area contributed by atoms with Crippen LogP contribution in [0, 0.1) is 13.8 Å². The van der Waals surface area contributed by atoms with Gasteiger partial charge in [0.1, 0.15) is 0 Å². The molecule has 1 aliphatic rings. The van der Waals surface area contributed by atoms with Crippen molar-refractivity contribution in [2.24, 2.45) is 0 Å². The van der Waals surface area contributed by atoms with Gasteiger partial charge in [0.15, 0.2) is 0 Å². The molecule has 1 N–H and O–H groups in total. The number of nitrogens with one attached hydrogen (secondary N) is 1. The molecule has 1 saturated heterocycles. The second kappa shape index (κ2) is 6.73. The normalized spacial score (nSPS) is 25.6. The zero-order chi connectivity index (χ0) is 14.7. The standard InChI is InChI=1S/C18H30N2/c1-13-9-10-14(2)17(11-13)18(19-5)12-20-15(3)7-6-8-16(20)4/h9-11,15-16,18-19H,6-8,12H2,1-5H3. The van der Waals surface area contributed by atoms with E-state index >= 15 is 0 Å². The molecular formula is C18H30N2. The molecule has 2 nitrogen and oxygen atoms in total. The summed E-state index contributed by atoms with van der Waals surface area (Å²) in [5.41, 5.74) is 4.20. The van der Waals surface area contributed by atoms with E-state index in [4.69, 9.17) is 0 Å². The first-order valence-corrected chi connectivity index (χ1v) is 8.03. The number of piperidine rings is 1. The quantitative estimate of drug-likeness (QED) is 0.897. The van der Waals surface area contributed by atoms with Gasteiger partial charge in [-0.1, -0.05) is 30.2 Å². The van der Waals surface area contributed by atoms with Crippen molar-refractivity contribution >= 4 is 0 Å². The highest BCUT2D eigenvalue weighted by molar-refractivity contribution is 5.33. The minimum Gasteiger partial charge on any atom is -0.312 e. The summed E-state index contributed by atoms with van der Waals surface area (Å²) in [6.07, 6.45) is 4.06. The van der Waals surface area contributed by atoms with Crippen LogP contribution in [0.5, 0.6) is 0 Å².